The van der Waals surface area contributed by atoms with Gasteiger partial charge in [0.15, 0.2) is 3.77 Å². The Kier molecular flexibility index (Phi) is 4.07. The maximum atomic E-state index is 11.1. The number of aryl methyl sites for hydroxylation is 1. The molecule has 0 amide bonds. The summed E-state index contributed by atoms with van der Waals surface area (Å²) in [4.78, 5) is 11.1. The number of carboxylic acid groups (broad SMARTS) is 1. The third-order valence-corrected chi connectivity index (χ3v) is 3.21. The molecular formula is C10H7IN2O4S. The summed E-state index contributed by atoms with van der Waals surface area (Å²) in [6.07, 6.45) is 1.41. The molecule has 2 heterocycles. The second kappa shape index (κ2) is 5.57. The van der Waals surface area contributed by atoms with Crippen LogP contribution in [0.2, 0.25) is 0 Å². The van der Waals surface area contributed by atoms with E-state index in [9.17, 15) is 4.79 Å². The largest absolute Gasteiger partial charge is 0.477 e. The maximum Gasteiger partial charge on any atom is 0.342 e. The van der Waals surface area contributed by atoms with Crippen molar-refractivity contribution in [3.8, 4) is 0 Å². The van der Waals surface area contributed by atoms with Gasteiger partial charge in [-0.2, -0.15) is 0 Å². The number of aromatic nitrogens is 2. The Morgan fingerprint density at radius 2 is 2.22 bits per heavy atom. The lowest BCUT2D eigenvalue weighted by molar-refractivity contribution is -0.131. The summed E-state index contributed by atoms with van der Waals surface area (Å²) < 4.78 is 11.1. The Labute approximate surface area is 120 Å². The fraction of sp³-hybridized carbons (Fsp3) is 0.100. The van der Waals surface area contributed by atoms with Gasteiger partial charge in [0.2, 0.25) is 5.89 Å². The highest BCUT2D eigenvalue weighted by Gasteiger charge is 2.15. The van der Waals surface area contributed by atoms with E-state index in [1.807, 2.05) is 22.6 Å². The molecule has 0 radical (unpaired) electrons. The molecule has 0 saturated heterocycles. The molecule has 0 aliphatic carbocycles. The van der Waals surface area contributed by atoms with Gasteiger partial charge in [0.05, 0.1) is 0 Å². The molecule has 0 unspecified atom stereocenters. The quantitative estimate of drug-likeness (QED) is 0.497. The normalized spacial score (nSPS) is 11.8. The number of carboxylic acids is 1. The Morgan fingerprint density at radius 3 is 2.72 bits per heavy atom. The molecule has 0 fully saturated rings. The first-order valence-electron chi connectivity index (χ1n) is 4.73. The maximum absolute atomic E-state index is 11.1. The Hall–Kier alpha value is -1.29. The van der Waals surface area contributed by atoms with E-state index in [1.54, 1.807) is 19.1 Å². The zero-order chi connectivity index (χ0) is 13.1. The molecule has 2 aromatic rings. The second-order valence-electron chi connectivity index (χ2n) is 3.14. The molecule has 6 nitrogen and oxygen atoms in total. The zero-order valence-electron chi connectivity index (χ0n) is 9.08. The molecule has 2 aromatic heterocycles. The van der Waals surface area contributed by atoms with E-state index in [1.165, 1.54) is 6.08 Å². The van der Waals surface area contributed by atoms with Crippen LogP contribution in [0, 0.1) is 10.7 Å². The minimum Gasteiger partial charge on any atom is -0.477 e. The molecule has 1 N–H and O–H groups in total. The number of aliphatic carboxylic acids is 1. The van der Waals surface area contributed by atoms with Gasteiger partial charge >= 0.3 is 5.97 Å². The minimum atomic E-state index is -1.08. The number of carbonyl (C=O) groups is 1. The summed E-state index contributed by atoms with van der Waals surface area (Å²) in [5, 5.41) is 16.6. The summed E-state index contributed by atoms with van der Waals surface area (Å²) in [5.41, 5.74) is 0. The van der Waals surface area contributed by atoms with Crippen LogP contribution in [-0.2, 0) is 4.79 Å². The summed E-state index contributed by atoms with van der Waals surface area (Å²) in [6.45, 7) is 1.64. The fourth-order valence-electron chi connectivity index (χ4n) is 1.08. The first-order chi connectivity index (χ1) is 8.54. The highest BCUT2D eigenvalue weighted by atomic mass is 127. The Bertz CT molecular complexity index is 605. The number of furan rings is 1. The molecule has 0 spiro atoms. The second-order valence-corrected chi connectivity index (χ2v) is 5.20. The lowest BCUT2D eigenvalue weighted by Crippen LogP contribution is -1.96. The topological polar surface area (TPSA) is 89.4 Å². The van der Waals surface area contributed by atoms with Crippen LogP contribution in [0.4, 0.5) is 0 Å². The predicted octanol–water partition coefficient (Wildman–Crippen LogP) is 2.79. The lowest BCUT2D eigenvalue weighted by Gasteiger charge is -1.96. The van der Waals surface area contributed by atoms with Crippen LogP contribution in [0.3, 0.4) is 0 Å². The minimum absolute atomic E-state index is 0.0457. The van der Waals surface area contributed by atoms with Crippen molar-refractivity contribution in [1.82, 2.24) is 10.2 Å². The average molecular weight is 378 g/mol. The van der Waals surface area contributed by atoms with Crippen LogP contribution >= 0.6 is 34.4 Å². The average Bonchev–Trinajstić information content (AvgIpc) is 2.87. The predicted molar refractivity (Wildman–Crippen MR) is 71.9 cm³/mol. The van der Waals surface area contributed by atoms with Gasteiger partial charge in [0, 0.05) is 13.0 Å². The molecule has 0 aliphatic rings. The standard InChI is InChI=1S/C10H7IN2O4S/c1-5-12-13-10(16-5)18-7(9(14)15)4-6-2-3-8(11)17-6/h2-4H,1H3,(H,14,15)/b7-4-. The van der Waals surface area contributed by atoms with Crippen molar-refractivity contribution in [2.45, 2.75) is 12.1 Å². The van der Waals surface area contributed by atoms with Crippen molar-refractivity contribution >= 4 is 46.4 Å². The van der Waals surface area contributed by atoms with Crippen molar-refractivity contribution in [2.24, 2.45) is 0 Å². The van der Waals surface area contributed by atoms with Gasteiger partial charge < -0.3 is 13.9 Å². The van der Waals surface area contributed by atoms with Crippen molar-refractivity contribution in [3.63, 3.8) is 0 Å². The van der Waals surface area contributed by atoms with Crippen LogP contribution in [0.1, 0.15) is 11.7 Å². The molecule has 0 atom stereocenters. The number of rotatable bonds is 4. The molecule has 0 aromatic carbocycles. The summed E-state index contributed by atoms with van der Waals surface area (Å²) in [5.74, 6) is -0.238. The Balaban J connectivity index is 2.23. The lowest BCUT2D eigenvalue weighted by atomic mass is 10.4. The van der Waals surface area contributed by atoms with E-state index in [-0.39, 0.29) is 10.1 Å². The van der Waals surface area contributed by atoms with Crippen LogP contribution < -0.4 is 0 Å². The molecule has 94 valence electrons. The van der Waals surface area contributed by atoms with Crippen molar-refractivity contribution in [3.05, 3.63) is 32.5 Å². The highest BCUT2D eigenvalue weighted by Crippen LogP contribution is 2.27. The van der Waals surface area contributed by atoms with Crippen molar-refractivity contribution in [1.29, 1.82) is 0 Å². The van der Waals surface area contributed by atoms with E-state index in [0.29, 0.717) is 15.4 Å². The molecule has 0 saturated carbocycles. The monoisotopic (exact) mass is 378 g/mol. The number of hydrogen-bond donors (Lipinski definition) is 1. The van der Waals surface area contributed by atoms with Crippen LogP contribution in [0.5, 0.6) is 0 Å². The van der Waals surface area contributed by atoms with Gasteiger partial charge in [-0.3, -0.25) is 0 Å². The molecule has 8 heteroatoms. The summed E-state index contributed by atoms with van der Waals surface area (Å²) in [7, 11) is 0. The number of hydrogen-bond acceptors (Lipinski definition) is 6. The van der Waals surface area contributed by atoms with Crippen molar-refractivity contribution < 1.29 is 18.7 Å². The number of halogens is 1. The van der Waals surface area contributed by atoms with E-state index >= 15 is 0 Å². The SMILES string of the molecule is Cc1nnc(S/C(=C\c2ccc(I)o2)C(=O)O)o1. The van der Waals surface area contributed by atoms with Gasteiger partial charge in [-0.05, 0) is 46.5 Å². The fourth-order valence-corrected chi connectivity index (χ4v) is 2.21. The highest BCUT2D eigenvalue weighted by molar-refractivity contribution is 14.1. The van der Waals surface area contributed by atoms with Crippen LogP contribution in [0.15, 0.2) is 31.1 Å². The molecule has 0 aliphatic heterocycles. The van der Waals surface area contributed by atoms with Gasteiger partial charge in [-0.1, -0.05) is 0 Å². The Morgan fingerprint density at radius 1 is 1.44 bits per heavy atom. The smallest absolute Gasteiger partial charge is 0.342 e. The van der Waals surface area contributed by atoms with E-state index in [0.717, 1.165) is 11.8 Å². The van der Waals surface area contributed by atoms with Gasteiger partial charge in [-0.15, -0.1) is 10.2 Å². The van der Waals surface area contributed by atoms with Gasteiger partial charge in [0.1, 0.15) is 10.7 Å². The van der Waals surface area contributed by atoms with Crippen LogP contribution in [0.25, 0.3) is 6.08 Å². The third-order valence-electron chi connectivity index (χ3n) is 1.78. The zero-order valence-corrected chi connectivity index (χ0v) is 12.1. The summed E-state index contributed by atoms with van der Waals surface area (Å²) in [6, 6.07) is 3.43. The van der Waals surface area contributed by atoms with E-state index < -0.39 is 5.97 Å². The first kappa shape index (κ1) is 13.1. The number of nitrogens with zero attached hydrogens (tertiary/aromatic N) is 2. The molecule has 0 bridgehead atoms. The van der Waals surface area contributed by atoms with Crippen molar-refractivity contribution in [2.75, 3.05) is 0 Å². The first-order valence-corrected chi connectivity index (χ1v) is 6.62. The number of thioether (sulfide) groups is 1. The molecule has 2 rings (SSSR count). The third kappa shape index (κ3) is 3.35. The molecule has 18 heavy (non-hydrogen) atoms. The molecular weight excluding hydrogens is 371 g/mol. The van der Waals surface area contributed by atoms with E-state index in [2.05, 4.69) is 10.2 Å². The van der Waals surface area contributed by atoms with Gasteiger partial charge in [-0.25, -0.2) is 4.79 Å². The summed E-state index contributed by atoms with van der Waals surface area (Å²) >= 11 is 2.88. The van der Waals surface area contributed by atoms with Crippen LogP contribution in [-0.4, -0.2) is 21.3 Å². The van der Waals surface area contributed by atoms with Gasteiger partial charge in [0.25, 0.3) is 5.22 Å². The van der Waals surface area contributed by atoms with E-state index in [4.69, 9.17) is 13.9 Å².